The van der Waals surface area contributed by atoms with E-state index in [4.69, 9.17) is 0 Å². The topological polar surface area (TPSA) is 142 Å². The van der Waals surface area contributed by atoms with E-state index in [0.29, 0.717) is 61.7 Å². The Morgan fingerprint density at radius 1 is 1.09 bits per heavy atom. The zero-order valence-corrected chi connectivity index (χ0v) is 26.4. The standard InChI is InChI=1S/C32H40N8O4S/c1-21-30-32(44)39-14-10-23(16-29(42)38-12-5-6-13-38)24(19-39)15-27(41)35-26(31(43)33-11-9-28(34-21)45-30)17-25-20-40(37-36-25)18-22-7-3-2-4-8-22/h2-4,7-8,20,23-24,26H,5-6,9-19H2,1H3,(H,33,43)(H,35,41)/t23-,24-,26+/m0/s1. The Balaban J connectivity index is 1.21. The molecule has 3 atom stereocenters. The minimum atomic E-state index is -0.857. The monoisotopic (exact) mass is 632 g/mol. The number of carbonyl (C=O) groups excluding carboxylic acids is 4. The molecular weight excluding hydrogens is 592 g/mol. The van der Waals surface area contributed by atoms with Crippen LogP contribution in [0.2, 0.25) is 0 Å². The summed E-state index contributed by atoms with van der Waals surface area (Å²) in [5.74, 6) is -0.815. The number of benzene rings is 1. The van der Waals surface area contributed by atoms with Crippen molar-refractivity contribution >= 4 is 35.0 Å². The van der Waals surface area contributed by atoms with E-state index in [2.05, 4.69) is 25.9 Å². The number of likely N-dealkylation sites (tertiary alicyclic amines) is 1. The Morgan fingerprint density at radius 3 is 2.69 bits per heavy atom. The third-order valence-electron chi connectivity index (χ3n) is 9.03. The van der Waals surface area contributed by atoms with Crippen LogP contribution in [0.3, 0.4) is 0 Å². The molecule has 6 rings (SSSR count). The summed E-state index contributed by atoms with van der Waals surface area (Å²) in [7, 11) is 0. The third-order valence-corrected chi connectivity index (χ3v) is 10.2. The molecule has 13 heteroatoms. The van der Waals surface area contributed by atoms with Crippen LogP contribution < -0.4 is 10.6 Å². The smallest absolute Gasteiger partial charge is 0.265 e. The Labute approximate surface area is 266 Å². The van der Waals surface area contributed by atoms with Crippen LogP contribution in [0.1, 0.15) is 63.7 Å². The molecule has 2 saturated heterocycles. The van der Waals surface area contributed by atoms with Gasteiger partial charge in [-0.25, -0.2) is 9.67 Å². The number of hydrogen-bond donors (Lipinski definition) is 2. The van der Waals surface area contributed by atoms with Gasteiger partial charge in [0, 0.05) is 64.6 Å². The highest BCUT2D eigenvalue weighted by Crippen LogP contribution is 2.32. The number of aryl methyl sites for hydroxylation is 1. The SMILES string of the molecule is Cc1nc2sc1C(=O)N1CC[C@@H](CC(=O)N3CCCC3)[C@@H](CC(=O)N[C@H](Cc3cn(Cc4ccccc4)nn3)C(=O)NCC2)C1. The van der Waals surface area contributed by atoms with Crippen LogP contribution in [0.25, 0.3) is 0 Å². The van der Waals surface area contributed by atoms with Crippen molar-refractivity contribution in [3.63, 3.8) is 0 Å². The first-order chi connectivity index (χ1) is 21.8. The molecule has 2 N–H and O–H groups in total. The van der Waals surface area contributed by atoms with Gasteiger partial charge in [0.1, 0.15) is 10.9 Å². The van der Waals surface area contributed by atoms with E-state index < -0.39 is 6.04 Å². The van der Waals surface area contributed by atoms with Gasteiger partial charge < -0.3 is 20.4 Å². The fourth-order valence-corrected chi connectivity index (χ4v) is 7.62. The van der Waals surface area contributed by atoms with Gasteiger partial charge in [-0.05, 0) is 43.6 Å². The maximum atomic E-state index is 13.6. The van der Waals surface area contributed by atoms with Crippen LogP contribution in [0.4, 0.5) is 0 Å². The molecule has 238 valence electrons. The predicted molar refractivity (Wildman–Crippen MR) is 167 cm³/mol. The molecular formula is C32H40N8O4S. The van der Waals surface area contributed by atoms with E-state index in [-0.39, 0.29) is 48.3 Å². The second-order valence-electron chi connectivity index (χ2n) is 12.3. The first kappa shape index (κ1) is 30.9. The third kappa shape index (κ3) is 7.58. The van der Waals surface area contributed by atoms with Crippen molar-refractivity contribution in [3.05, 3.63) is 63.4 Å². The van der Waals surface area contributed by atoms with Crippen LogP contribution in [0, 0.1) is 18.8 Å². The molecule has 4 amide bonds. The summed E-state index contributed by atoms with van der Waals surface area (Å²) in [5, 5.41) is 15.2. The number of nitrogens with one attached hydrogen (secondary N) is 2. The second kappa shape index (κ2) is 13.9. The Bertz CT molecular complexity index is 1530. The number of nitrogens with zero attached hydrogens (tertiary/aromatic N) is 6. The summed E-state index contributed by atoms with van der Waals surface area (Å²) in [4.78, 5) is 62.7. The highest BCUT2D eigenvalue weighted by Gasteiger charge is 2.37. The van der Waals surface area contributed by atoms with Crippen LogP contribution in [0.5, 0.6) is 0 Å². The molecule has 4 bridgehead atoms. The van der Waals surface area contributed by atoms with Crippen molar-refractivity contribution in [2.45, 2.75) is 64.5 Å². The molecule has 0 saturated carbocycles. The van der Waals surface area contributed by atoms with Gasteiger partial charge in [-0.1, -0.05) is 35.5 Å². The highest BCUT2D eigenvalue weighted by molar-refractivity contribution is 7.13. The molecule has 0 radical (unpaired) electrons. The van der Waals surface area contributed by atoms with Crippen molar-refractivity contribution in [2.75, 3.05) is 32.7 Å². The number of piperidine rings is 1. The summed E-state index contributed by atoms with van der Waals surface area (Å²) < 4.78 is 1.72. The molecule has 5 heterocycles. The minimum Gasteiger partial charge on any atom is -0.354 e. The van der Waals surface area contributed by atoms with E-state index in [1.165, 1.54) is 11.3 Å². The zero-order valence-electron chi connectivity index (χ0n) is 25.6. The van der Waals surface area contributed by atoms with E-state index in [1.54, 1.807) is 10.9 Å². The van der Waals surface area contributed by atoms with Gasteiger partial charge >= 0.3 is 0 Å². The molecule has 45 heavy (non-hydrogen) atoms. The number of carbonyl (C=O) groups is 4. The quantitative estimate of drug-likeness (QED) is 0.423. The van der Waals surface area contributed by atoms with Crippen LogP contribution in [0.15, 0.2) is 36.5 Å². The number of amides is 4. The average molecular weight is 633 g/mol. The van der Waals surface area contributed by atoms with Gasteiger partial charge in [-0.15, -0.1) is 16.4 Å². The number of fused-ring (bicyclic) bond motifs is 4. The van der Waals surface area contributed by atoms with Crippen molar-refractivity contribution < 1.29 is 19.2 Å². The van der Waals surface area contributed by atoms with E-state index in [1.807, 2.05) is 47.1 Å². The van der Waals surface area contributed by atoms with Crippen molar-refractivity contribution in [3.8, 4) is 0 Å². The molecule has 12 nitrogen and oxygen atoms in total. The first-order valence-corrected chi connectivity index (χ1v) is 16.7. The van der Waals surface area contributed by atoms with Gasteiger partial charge in [0.2, 0.25) is 17.7 Å². The summed E-state index contributed by atoms with van der Waals surface area (Å²) in [6, 6.07) is 9.04. The number of aromatic nitrogens is 4. The van der Waals surface area contributed by atoms with Crippen molar-refractivity contribution in [1.82, 2.24) is 40.4 Å². The zero-order chi connectivity index (χ0) is 31.3. The fourth-order valence-electron chi connectivity index (χ4n) is 6.59. The second-order valence-corrected chi connectivity index (χ2v) is 13.4. The molecule has 2 fully saturated rings. The summed E-state index contributed by atoms with van der Waals surface area (Å²) >= 11 is 1.36. The Hall–Kier alpha value is -4.13. The van der Waals surface area contributed by atoms with E-state index in [9.17, 15) is 19.2 Å². The lowest BCUT2D eigenvalue weighted by Gasteiger charge is -2.38. The van der Waals surface area contributed by atoms with Crippen molar-refractivity contribution in [2.24, 2.45) is 11.8 Å². The lowest BCUT2D eigenvalue weighted by molar-refractivity contribution is -0.133. The van der Waals surface area contributed by atoms with Crippen LogP contribution >= 0.6 is 11.3 Å². The lowest BCUT2D eigenvalue weighted by Crippen LogP contribution is -2.50. The van der Waals surface area contributed by atoms with Crippen LogP contribution in [-0.4, -0.2) is 92.2 Å². The van der Waals surface area contributed by atoms with Gasteiger partial charge in [0.15, 0.2) is 0 Å². The average Bonchev–Trinajstić information content (AvgIpc) is 3.80. The van der Waals surface area contributed by atoms with Gasteiger partial charge in [0.25, 0.3) is 5.91 Å². The maximum Gasteiger partial charge on any atom is 0.265 e. The van der Waals surface area contributed by atoms with Crippen molar-refractivity contribution in [1.29, 1.82) is 0 Å². The molecule has 3 aliphatic heterocycles. The number of rotatable bonds is 6. The Kier molecular flexibility index (Phi) is 9.53. The molecule has 0 spiro atoms. The first-order valence-electron chi connectivity index (χ1n) is 15.9. The molecule has 3 aliphatic rings. The summed E-state index contributed by atoms with van der Waals surface area (Å²) in [6.07, 6.45) is 5.60. The van der Waals surface area contributed by atoms with Gasteiger partial charge in [-0.2, -0.15) is 0 Å². The van der Waals surface area contributed by atoms with Gasteiger partial charge in [0.05, 0.1) is 22.9 Å². The summed E-state index contributed by atoms with van der Waals surface area (Å²) in [5.41, 5.74) is 2.34. The number of hydrogen-bond acceptors (Lipinski definition) is 8. The van der Waals surface area contributed by atoms with Gasteiger partial charge in [-0.3, -0.25) is 19.2 Å². The normalized spacial score (nSPS) is 22.9. The number of thiazole rings is 1. The van der Waals surface area contributed by atoms with E-state index in [0.717, 1.165) is 36.5 Å². The molecule has 0 unspecified atom stereocenters. The highest BCUT2D eigenvalue weighted by atomic mass is 32.1. The molecule has 1 aromatic carbocycles. The lowest BCUT2D eigenvalue weighted by atomic mass is 9.80. The Morgan fingerprint density at radius 2 is 1.89 bits per heavy atom. The molecule has 3 aromatic rings. The summed E-state index contributed by atoms with van der Waals surface area (Å²) in [6.45, 7) is 5.16. The largest absolute Gasteiger partial charge is 0.354 e. The van der Waals surface area contributed by atoms with E-state index >= 15 is 0 Å². The molecule has 0 aliphatic carbocycles. The van der Waals surface area contributed by atoms with Crippen LogP contribution in [-0.2, 0) is 33.8 Å². The predicted octanol–water partition coefficient (Wildman–Crippen LogP) is 1.97. The maximum absolute atomic E-state index is 13.6. The minimum absolute atomic E-state index is 0.0353. The molecule has 2 aromatic heterocycles. The fraction of sp³-hybridized carbons (Fsp3) is 0.531.